The number of nitrogens with one attached hydrogen (secondary N) is 1. The van der Waals surface area contributed by atoms with Gasteiger partial charge in [0.2, 0.25) is 0 Å². The maximum Gasteiger partial charge on any atom is 0.144 e. The first-order chi connectivity index (χ1) is 15.5. The molecule has 4 aromatic rings. The van der Waals surface area contributed by atoms with E-state index in [0.29, 0.717) is 5.02 Å². The van der Waals surface area contributed by atoms with Crippen molar-refractivity contribution >= 4 is 51.3 Å². The van der Waals surface area contributed by atoms with Gasteiger partial charge in [0.25, 0.3) is 0 Å². The number of hydrogen-bond acceptors (Lipinski definition) is 5. The number of aryl methyl sites for hydroxylation is 2. The van der Waals surface area contributed by atoms with Gasteiger partial charge >= 0.3 is 0 Å². The van der Waals surface area contributed by atoms with Crippen molar-refractivity contribution < 1.29 is 0 Å². The summed E-state index contributed by atoms with van der Waals surface area (Å²) in [6.07, 6.45) is 1.95. The van der Waals surface area contributed by atoms with Gasteiger partial charge in [0.05, 0.1) is 28.6 Å². The quantitative estimate of drug-likeness (QED) is 0.356. The Bertz CT molecular complexity index is 1290. The number of fused-ring (bicyclic) bond motifs is 2. The van der Waals surface area contributed by atoms with Crippen LogP contribution in [0.15, 0.2) is 54.6 Å². The average Bonchev–Trinajstić information content (AvgIpc) is 2.79. The van der Waals surface area contributed by atoms with Crippen molar-refractivity contribution in [2.45, 2.75) is 32.7 Å². The monoisotopic (exact) mass is 463 g/mol. The molecule has 5 nitrogen and oxygen atoms in total. The lowest BCUT2D eigenvalue weighted by molar-refractivity contribution is 0.722. The summed E-state index contributed by atoms with van der Waals surface area (Å²) in [7, 11) is 0. The number of aromatic nitrogens is 3. The minimum absolute atomic E-state index is 0.0674. The van der Waals surface area contributed by atoms with E-state index in [1.54, 1.807) is 0 Å². The molecule has 7 heteroatoms. The van der Waals surface area contributed by atoms with Gasteiger partial charge in [0.1, 0.15) is 11.6 Å². The Morgan fingerprint density at radius 1 is 0.938 bits per heavy atom. The molecule has 1 aliphatic heterocycles. The van der Waals surface area contributed by atoms with Gasteiger partial charge in [0.15, 0.2) is 0 Å². The fraction of sp³-hybridized carbons (Fsp3) is 0.240. The normalized spacial score (nSPS) is 14.3. The van der Waals surface area contributed by atoms with Gasteiger partial charge in [-0.2, -0.15) is 0 Å². The highest BCUT2D eigenvalue weighted by molar-refractivity contribution is 6.31. The number of anilines is 3. The Balaban J connectivity index is 1.49. The molecular weight excluding hydrogens is 441 g/mol. The van der Waals surface area contributed by atoms with Crippen LogP contribution in [0.1, 0.15) is 36.6 Å². The van der Waals surface area contributed by atoms with Crippen LogP contribution in [0.3, 0.4) is 0 Å². The Hall–Kier alpha value is -2.89. The molecular formula is C25H23Cl2N5. The fourth-order valence-corrected chi connectivity index (χ4v) is 4.50. The van der Waals surface area contributed by atoms with Crippen molar-refractivity contribution in [3.05, 3.63) is 81.9 Å². The van der Waals surface area contributed by atoms with Crippen LogP contribution in [-0.4, -0.2) is 21.5 Å². The first kappa shape index (κ1) is 21.0. The number of hydrogen-bond donors (Lipinski definition) is 1. The van der Waals surface area contributed by atoms with Crippen molar-refractivity contribution in [1.29, 1.82) is 0 Å². The van der Waals surface area contributed by atoms with E-state index in [4.69, 9.17) is 33.2 Å². The highest BCUT2D eigenvalue weighted by atomic mass is 35.5. The molecule has 32 heavy (non-hydrogen) atoms. The van der Waals surface area contributed by atoms with Crippen molar-refractivity contribution in [3.63, 3.8) is 0 Å². The van der Waals surface area contributed by atoms with Crippen molar-refractivity contribution in [1.82, 2.24) is 15.0 Å². The minimum atomic E-state index is 0.0674. The van der Waals surface area contributed by atoms with Crippen molar-refractivity contribution in [2.75, 3.05) is 16.8 Å². The predicted octanol–water partition coefficient (Wildman–Crippen LogP) is 6.90. The van der Waals surface area contributed by atoms with E-state index in [2.05, 4.69) is 34.3 Å². The van der Waals surface area contributed by atoms with Crippen LogP contribution in [0.4, 0.5) is 17.2 Å². The van der Waals surface area contributed by atoms with Gasteiger partial charge in [0, 0.05) is 27.7 Å². The zero-order valence-electron chi connectivity index (χ0n) is 17.9. The second kappa shape index (κ2) is 8.57. The van der Waals surface area contributed by atoms with E-state index in [0.717, 1.165) is 69.7 Å². The third kappa shape index (κ3) is 4.10. The highest BCUT2D eigenvalue weighted by Crippen LogP contribution is 2.36. The van der Waals surface area contributed by atoms with E-state index in [-0.39, 0.29) is 6.04 Å². The van der Waals surface area contributed by atoms with Gasteiger partial charge in [-0.15, -0.1) is 0 Å². The van der Waals surface area contributed by atoms with Crippen LogP contribution in [0, 0.1) is 6.92 Å². The zero-order chi connectivity index (χ0) is 22.2. The third-order valence-corrected chi connectivity index (χ3v) is 6.22. The molecule has 3 heterocycles. The molecule has 5 rings (SSSR count). The molecule has 0 fully saturated rings. The number of pyridine rings is 1. The maximum atomic E-state index is 6.30. The minimum Gasteiger partial charge on any atom is -0.377 e. The summed E-state index contributed by atoms with van der Waals surface area (Å²) in [5, 5.41) is 5.86. The van der Waals surface area contributed by atoms with Crippen molar-refractivity contribution in [2.24, 2.45) is 0 Å². The molecule has 2 aromatic carbocycles. The van der Waals surface area contributed by atoms with E-state index in [1.165, 1.54) is 0 Å². The van der Waals surface area contributed by atoms with Crippen molar-refractivity contribution in [3.8, 4) is 0 Å². The van der Waals surface area contributed by atoms with Crippen LogP contribution < -0.4 is 10.2 Å². The number of benzene rings is 2. The van der Waals surface area contributed by atoms with Gasteiger partial charge < -0.3 is 10.2 Å². The van der Waals surface area contributed by atoms with Crippen LogP contribution in [-0.2, 0) is 6.42 Å². The SMILES string of the molecule is Cc1nc(N2CCCc3nc(C(C)Nc4ccc(Cl)cc4)ccc32)c2cc(Cl)ccc2n1. The summed E-state index contributed by atoms with van der Waals surface area (Å²) < 4.78 is 0. The van der Waals surface area contributed by atoms with E-state index >= 15 is 0 Å². The molecule has 1 unspecified atom stereocenters. The molecule has 0 amide bonds. The molecule has 1 aliphatic rings. The fourth-order valence-electron chi connectivity index (χ4n) is 4.20. The summed E-state index contributed by atoms with van der Waals surface area (Å²) in [5.41, 5.74) is 5.10. The summed E-state index contributed by atoms with van der Waals surface area (Å²) in [6.45, 7) is 4.92. The lowest BCUT2D eigenvalue weighted by Crippen LogP contribution is -2.27. The summed E-state index contributed by atoms with van der Waals surface area (Å²) in [6, 6.07) is 17.8. The van der Waals surface area contributed by atoms with Crippen LogP contribution in [0.25, 0.3) is 10.9 Å². The average molecular weight is 464 g/mol. The highest BCUT2D eigenvalue weighted by Gasteiger charge is 2.24. The summed E-state index contributed by atoms with van der Waals surface area (Å²) in [5.74, 6) is 1.63. The Morgan fingerprint density at radius 2 is 1.72 bits per heavy atom. The Morgan fingerprint density at radius 3 is 2.53 bits per heavy atom. The summed E-state index contributed by atoms with van der Waals surface area (Å²) >= 11 is 12.3. The first-order valence-corrected chi connectivity index (χ1v) is 11.5. The lowest BCUT2D eigenvalue weighted by atomic mass is 10.0. The second-order valence-electron chi connectivity index (χ2n) is 8.09. The molecule has 0 saturated carbocycles. The van der Waals surface area contributed by atoms with Crippen LogP contribution in [0.5, 0.6) is 0 Å². The van der Waals surface area contributed by atoms with Crippen LogP contribution in [0.2, 0.25) is 10.0 Å². The molecule has 0 radical (unpaired) electrons. The van der Waals surface area contributed by atoms with Gasteiger partial charge in [-0.25, -0.2) is 9.97 Å². The largest absolute Gasteiger partial charge is 0.377 e. The molecule has 0 aliphatic carbocycles. The Labute approximate surface area is 197 Å². The number of nitrogens with zero attached hydrogens (tertiary/aromatic N) is 4. The molecule has 1 atom stereocenters. The number of rotatable bonds is 4. The molecule has 162 valence electrons. The van der Waals surface area contributed by atoms with Crippen LogP contribution >= 0.6 is 23.2 Å². The maximum absolute atomic E-state index is 6.30. The standard InChI is InChI=1S/C25H23Cl2N5/c1-15(28-19-8-5-17(26)6-9-19)21-11-12-24-23(31-21)4-3-13-32(24)25-20-14-18(27)7-10-22(20)29-16(2)30-25/h5-12,14-15,28H,3-4,13H2,1-2H3. The van der Waals surface area contributed by atoms with E-state index in [1.807, 2.05) is 49.4 Å². The molecule has 1 N–H and O–H groups in total. The van der Waals surface area contributed by atoms with Gasteiger partial charge in [-0.1, -0.05) is 23.2 Å². The smallest absolute Gasteiger partial charge is 0.144 e. The second-order valence-corrected chi connectivity index (χ2v) is 8.96. The number of halogens is 2. The lowest BCUT2D eigenvalue weighted by Gasteiger charge is -2.31. The molecule has 0 saturated heterocycles. The molecule has 0 bridgehead atoms. The van der Waals surface area contributed by atoms with E-state index < -0.39 is 0 Å². The zero-order valence-corrected chi connectivity index (χ0v) is 19.5. The molecule has 0 spiro atoms. The topological polar surface area (TPSA) is 53.9 Å². The third-order valence-electron chi connectivity index (χ3n) is 5.73. The summed E-state index contributed by atoms with van der Waals surface area (Å²) in [4.78, 5) is 16.6. The predicted molar refractivity (Wildman–Crippen MR) is 132 cm³/mol. The van der Waals surface area contributed by atoms with Gasteiger partial charge in [-0.3, -0.25) is 4.98 Å². The van der Waals surface area contributed by atoms with E-state index in [9.17, 15) is 0 Å². The molecule has 2 aromatic heterocycles. The Kier molecular flexibility index (Phi) is 5.62. The van der Waals surface area contributed by atoms with Gasteiger partial charge in [-0.05, 0) is 81.3 Å². The first-order valence-electron chi connectivity index (χ1n) is 10.7.